The monoisotopic (exact) mass is 444 g/mol. The van der Waals surface area contributed by atoms with Crippen LogP contribution in [-0.2, 0) is 11.2 Å². The third-order valence-electron chi connectivity index (χ3n) is 4.63. The SMILES string of the molecule is NCCNC(=O)/C=C/[C@H](Cc1ccccc1)NC(=O)Nc1ccc(Oc2ccccc2)cc1. The molecule has 1 atom stereocenters. The summed E-state index contributed by atoms with van der Waals surface area (Å²) in [6.07, 6.45) is 3.63. The topological polar surface area (TPSA) is 105 Å². The van der Waals surface area contributed by atoms with Gasteiger partial charge in [-0.2, -0.15) is 0 Å². The van der Waals surface area contributed by atoms with E-state index in [0.29, 0.717) is 30.9 Å². The number of nitrogens with one attached hydrogen (secondary N) is 3. The lowest BCUT2D eigenvalue weighted by molar-refractivity contribution is -0.116. The minimum atomic E-state index is -0.378. The zero-order valence-electron chi connectivity index (χ0n) is 18.2. The maximum absolute atomic E-state index is 12.6. The van der Waals surface area contributed by atoms with Crippen LogP contribution in [-0.4, -0.2) is 31.1 Å². The number of para-hydroxylation sites is 1. The van der Waals surface area contributed by atoms with E-state index >= 15 is 0 Å². The van der Waals surface area contributed by atoms with Crippen molar-refractivity contribution in [3.8, 4) is 11.5 Å². The lowest BCUT2D eigenvalue weighted by Gasteiger charge is -2.16. The zero-order valence-corrected chi connectivity index (χ0v) is 18.2. The second kappa shape index (κ2) is 12.7. The summed E-state index contributed by atoms with van der Waals surface area (Å²) in [5, 5.41) is 8.40. The fourth-order valence-corrected chi connectivity index (χ4v) is 3.06. The number of nitrogens with two attached hydrogens (primary N) is 1. The largest absolute Gasteiger partial charge is 0.457 e. The Balaban J connectivity index is 1.59. The fraction of sp³-hybridized carbons (Fsp3) is 0.154. The van der Waals surface area contributed by atoms with Crippen molar-refractivity contribution in [3.05, 3.63) is 103 Å². The first-order valence-corrected chi connectivity index (χ1v) is 10.7. The number of urea groups is 1. The molecule has 0 fully saturated rings. The zero-order chi connectivity index (χ0) is 23.3. The number of hydrogen-bond donors (Lipinski definition) is 4. The first-order valence-electron chi connectivity index (χ1n) is 10.7. The molecule has 170 valence electrons. The molecular formula is C26H28N4O3. The molecule has 0 aliphatic heterocycles. The molecule has 3 aromatic carbocycles. The molecule has 0 saturated heterocycles. The fourth-order valence-electron chi connectivity index (χ4n) is 3.06. The van der Waals surface area contributed by atoms with Crippen LogP contribution in [0.2, 0.25) is 0 Å². The molecule has 3 amide bonds. The van der Waals surface area contributed by atoms with Gasteiger partial charge in [0.2, 0.25) is 5.91 Å². The smallest absolute Gasteiger partial charge is 0.319 e. The van der Waals surface area contributed by atoms with Crippen LogP contribution in [0.5, 0.6) is 11.5 Å². The van der Waals surface area contributed by atoms with Gasteiger partial charge in [-0.1, -0.05) is 54.6 Å². The van der Waals surface area contributed by atoms with Crippen molar-refractivity contribution in [2.75, 3.05) is 18.4 Å². The predicted molar refractivity (Wildman–Crippen MR) is 130 cm³/mol. The van der Waals surface area contributed by atoms with Crippen LogP contribution in [0.15, 0.2) is 97.1 Å². The van der Waals surface area contributed by atoms with Crippen molar-refractivity contribution in [1.82, 2.24) is 10.6 Å². The number of anilines is 1. The molecule has 7 heteroatoms. The van der Waals surface area contributed by atoms with Gasteiger partial charge in [-0.25, -0.2) is 4.79 Å². The number of carbonyl (C=O) groups is 2. The summed E-state index contributed by atoms with van der Waals surface area (Å²) < 4.78 is 5.77. The highest BCUT2D eigenvalue weighted by Gasteiger charge is 2.11. The van der Waals surface area contributed by atoms with E-state index in [1.807, 2.05) is 60.7 Å². The second-order valence-corrected chi connectivity index (χ2v) is 7.27. The summed E-state index contributed by atoms with van der Waals surface area (Å²) in [6.45, 7) is 0.757. The molecule has 0 unspecified atom stereocenters. The third kappa shape index (κ3) is 8.51. The number of hydrogen-bond acceptors (Lipinski definition) is 4. The molecular weight excluding hydrogens is 416 g/mol. The number of rotatable bonds is 10. The molecule has 33 heavy (non-hydrogen) atoms. The molecule has 0 spiro atoms. The number of carbonyl (C=O) groups excluding carboxylic acids is 2. The molecule has 0 radical (unpaired) electrons. The standard InChI is InChI=1S/C26H28N4O3/c27-17-18-28-25(31)16-13-22(19-20-7-3-1-4-8-20)30-26(32)29-21-11-14-24(15-12-21)33-23-9-5-2-6-10-23/h1-16,22H,17-19,27H2,(H,28,31)(H2,29,30,32)/b16-13+/t22-/m1/s1. The van der Waals surface area contributed by atoms with Crippen molar-refractivity contribution < 1.29 is 14.3 Å². The molecule has 0 aromatic heterocycles. The van der Waals surface area contributed by atoms with Crippen LogP contribution in [0.4, 0.5) is 10.5 Å². The molecule has 0 saturated carbocycles. The van der Waals surface area contributed by atoms with Crippen molar-refractivity contribution in [3.63, 3.8) is 0 Å². The Morgan fingerprint density at radius 3 is 2.18 bits per heavy atom. The van der Waals surface area contributed by atoms with Crippen molar-refractivity contribution in [1.29, 1.82) is 0 Å². The Labute approximate surface area is 193 Å². The van der Waals surface area contributed by atoms with Gasteiger partial charge < -0.3 is 26.4 Å². The molecule has 7 nitrogen and oxygen atoms in total. The Bertz CT molecular complexity index is 1040. The summed E-state index contributed by atoms with van der Waals surface area (Å²) in [7, 11) is 0. The van der Waals surface area contributed by atoms with E-state index in [9.17, 15) is 9.59 Å². The molecule has 3 aromatic rings. The molecule has 0 aliphatic rings. The lowest BCUT2D eigenvalue weighted by atomic mass is 10.1. The first-order chi connectivity index (χ1) is 16.1. The number of benzene rings is 3. The summed E-state index contributed by atoms with van der Waals surface area (Å²) in [6, 6.07) is 25.6. The van der Waals surface area contributed by atoms with Crippen LogP contribution in [0.1, 0.15) is 5.56 Å². The molecule has 5 N–H and O–H groups in total. The number of amides is 3. The van der Waals surface area contributed by atoms with Crippen molar-refractivity contribution in [2.24, 2.45) is 5.73 Å². The van der Waals surface area contributed by atoms with Crippen molar-refractivity contribution >= 4 is 17.6 Å². The molecule has 0 heterocycles. The lowest BCUT2D eigenvalue weighted by Crippen LogP contribution is -2.38. The summed E-state index contributed by atoms with van der Waals surface area (Å²) >= 11 is 0. The van der Waals surface area contributed by atoms with Gasteiger partial charge in [-0.05, 0) is 48.4 Å². The van der Waals surface area contributed by atoms with E-state index in [1.165, 1.54) is 6.08 Å². The molecule has 0 bridgehead atoms. The predicted octanol–water partition coefficient (Wildman–Crippen LogP) is 3.84. The van der Waals surface area contributed by atoms with E-state index < -0.39 is 0 Å². The summed E-state index contributed by atoms with van der Waals surface area (Å²) in [5.41, 5.74) is 7.07. The van der Waals surface area contributed by atoms with Gasteiger partial charge >= 0.3 is 6.03 Å². The van der Waals surface area contributed by atoms with Gasteiger partial charge in [0.05, 0.1) is 6.04 Å². The average Bonchev–Trinajstić information content (AvgIpc) is 2.84. The second-order valence-electron chi connectivity index (χ2n) is 7.27. The average molecular weight is 445 g/mol. The van der Waals surface area contributed by atoms with Crippen LogP contribution in [0.25, 0.3) is 0 Å². The van der Waals surface area contributed by atoms with Gasteiger partial charge in [0.1, 0.15) is 11.5 Å². The van der Waals surface area contributed by atoms with Crippen molar-refractivity contribution in [2.45, 2.75) is 12.5 Å². The maximum Gasteiger partial charge on any atom is 0.319 e. The minimum Gasteiger partial charge on any atom is -0.457 e. The third-order valence-corrected chi connectivity index (χ3v) is 4.63. The van der Waals surface area contributed by atoms with E-state index in [1.54, 1.807) is 30.3 Å². The van der Waals surface area contributed by atoms with Crippen LogP contribution in [0, 0.1) is 0 Å². The Hall–Kier alpha value is -4.10. The van der Waals surface area contributed by atoms with E-state index in [0.717, 1.165) is 11.3 Å². The highest BCUT2D eigenvalue weighted by molar-refractivity contribution is 5.90. The maximum atomic E-state index is 12.6. The highest BCUT2D eigenvalue weighted by atomic mass is 16.5. The van der Waals surface area contributed by atoms with Gasteiger partial charge in [0, 0.05) is 24.9 Å². The van der Waals surface area contributed by atoms with Gasteiger partial charge in [0.15, 0.2) is 0 Å². The molecule has 3 rings (SSSR count). The van der Waals surface area contributed by atoms with Crippen LogP contribution < -0.4 is 26.4 Å². The highest BCUT2D eigenvalue weighted by Crippen LogP contribution is 2.22. The molecule has 0 aliphatic carbocycles. The quantitative estimate of drug-likeness (QED) is 0.357. The summed E-state index contributed by atoms with van der Waals surface area (Å²) in [4.78, 5) is 24.5. The first kappa shape index (κ1) is 23.6. The number of ether oxygens (including phenoxy) is 1. The Morgan fingerprint density at radius 2 is 1.52 bits per heavy atom. The van der Waals surface area contributed by atoms with E-state index in [4.69, 9.17) is 10.5 Å². The Kier molecular flexibility index (Phi) is 9.05. The minimum absolute atomic E-state index is 0.255. The van der Waals surface area contributed by atoms with E-state index in [-0.39, 0.29) is 18.0 Å². The van der Waals surface area contributed by atoms with Gasteiger partial charge in [-0.15, -0.1) is 0 Å². The van der Waals surface area contributed by atoms with E-state index in [2.05, 4.69) is 16.0 Å². The van der Waals surface area contributed by atoms with Gasteiger partial charge in [-0.3, -0.25) is 4.79 Å². The summed E-state index contributed by atoms with van der Waals surface area (Å²) in [5.74, 6) is 1.15. The van der Waals surface area contributed by atoms with Crippen LogP contribution in [0.3, 0.4) is 0 Å². The Morgan fingerprint density at radius 1 is 0.879 bits per heavy atom. The normalized spacial score (nSPS) is 11.5. The van der Waals surface area contributed by atoms with Gasteiger partial charge in [0.25, 0.3) is 0 Å². The van der Waals surface area contributed by atoms with Crippen LogP contribution >= 0.6 is 0 Å².